The standard InChI is InChI=1S/C24H34N2O4/c1-4-26(24(27)23-11-10-22(30-23)18-28-2)17-20-8-6-13-25(16-20)14-12-19-7-5-9-21(15-19)29-3/h5,7,9-11,15,20H,4,6,8,12-14,16-18H2,1-3H3/t20-/m0/s1. The van der Waals surface area contributed by atoms with Crippen LogP contribution in [0.15, 0.2) is 40.8 Å². The van der Waals surface area contributed by atoms with Crippen molar-refractivity contribution in [1.82, 2.24) is 9.80 Å². The number of benzene rings is 1. The number of piperidine rings is 1. The van der Waals surface area contributed by atoms with Crippen molar-refractivity contribution in [2.24, 2.45) is 5.92 Å². The molecule has 1 amide bonds. The maximum Gasteiger partial charge on any atom is 0.289 e. The predicted octanol–water partition coefficient (Wildman–Crippen LogP) is 3.85. The third-order valence-electron chi connectivity index (χ3n) is 5.76. The number of nitrogens with zero attached hydrogens (tertiary/aromatic N) is 2. The van der Waals surface area contributed by atoms with Gasteiger partial charge in [0.05, 0.1) is 7.11 Å². The summed E-state index contributed by atoms with van der Waals surface area (Å²) < 4.78 is 16.1. The molecule has 0 bridgehead atoms. The molecule has 30 heavy (non-hydrogen) atoms. The molecule has 164 valence electrons. The number of hydrogen-bond acceptors (Lipinski definition) is 5. The summed E-state index contributed by atoms with van der Waals surface area (Å²) in [4.78, 5) is 17.3. The van der Waals surface area contributed by atoms with Crippen molar-refractivity contribution in [3.63, 3.8) is 0 Å². The van der Waals surface area contributed by atoms with Crippen LogP contribution in [-0.4, -0.2) is 62.7 Å². The molecule has 1 fully saturated rings. The molecule has 0 spiro atoms. The second-order valence-electron chi connectivity index (χ2n) is 7.95. The third kappa shape index (κ3) is 6.09. The first kappa shape index (κ1) is 22.4. The van der Waals surface area contributed by atoms with Crippen LogP contribution in [0.3, 0.4) is 0 Å². The summed E-state index contributed by atoms with van der Waals surface area (Å²) in [5.74, 6) is 2.44. The molecule has 2 heterocycles. The van der Waals surface area contributed by atoms with Crippen molar-refractivity contribution in [1.29, 1.82) is 0 Å². The van der Waals surface area contributed by atoms with E-state index in [0.717, 1.165) is 44.8 Å². The van der Waals surface area contributed by atoms with Crippen molar-refractivity contribution in [2.45, 2.75) is 32.8 Å². The lowest BCUT2D eigenvalue weighted by atomic mass is 9.96. The lowest BCUT2D eigenvalue weighted by molar-refractivity contribution is 0.0653. The van der Waals surface area contributed by atoms with Crippen LogP contribution in [0.4, 0.5) is 0 Å². The van der Waals surface area contributed by atoms with E-state index < -0.39 is 0 Å². The highest BCUT2D eigenvalue weighted by Gasteiger charge is 2.25. The maximum atomic E-state index is 12.9. The molecule has 3 rings (SSSR count). The van der Waals surface area contributed by atoms with E-state index in [2.05, 4.69) is 17.0 Å². The van der Waals surface area contributed by atoms with E-state index in [4.69, 9.17) is 13.9 Å². The Balaban J connectivity index is 1.52. The molecule has 1 aliphatic heterocycles. The van der Waals surface area contributed by atoms with Gasteiger partial charge in [0.15, 0.2) is 5.76 Å². The summed E-state index contributed by atoms with van der Waals surface area (Å²) in [5.41, 5.74) is 1.30. The van der Waals surface area contributed by atoms with E-state index in [-0.39, 0.29) is 5.91 Å². The molecule has 6 heteroatoms. The summed E-state index contributed by atoms with van der Waals surface area (Å²) in [7, 11) is 3.32. The van der Waals surface area contributed by atoms with Crippen LogP contribution in [0.1, 0.15) is 41.6 Å². The third-order valence-corrected chi connectivity index (χ3v) is 5.76. The van der Waals surface area contributed by atoms with Crippen LogP contribution >= 0.6 is 0 Å². The van der Waals surface area contributed by atoms with Gasteiger partial charge in [0.25, 0.3) is 5.91 Å². The van der Waals surface area contributed by atoms with Gasteiger partial charge in [0.1, 0.15) is 18.1 Å². The van der Waals surface area contributed by atoms with Gasteiger partial charge in [-0.2, -0.15) is 0 Å². The zero-order valence-electron chi connectivity index (χ0n) is 18.4. The van der Waals surface area contributed by atoms with E-state index in [1.165, 1.54) is 12.0 Å². The van der Waals surface area contributed by atoms with Crippen LogP contribution in [0.5, 0.6) is 5.75 Å². The molecule has 0 unspecified atom stereocenters. The highest BCUT2D eigenvalue weighted by atomic mass is 16.5. The number of likely N-dealkylation sites (tertiary alicyclic amines) is 1. The van der Waals surface area contributed by atoms with Crippen LogP contribution in [-0.2, 0) is 17.8 Å². The fraction of sp³-hybridized carbons (Fsp3) is 0.542. The largest absolute Gasteiger partial charge is 0.497 e. The first-order chi connectivity index (χ1) is 14.6. The van der Waals surface area contributed by atoms with Crippen molar-refractivity contribution < 1.29 is 18.7 Å². The minimum atomic E-state index is -0.0339. The van der Waals surface area contributed by atoms with Gasteiger partial charge in [-0.1, -0.05) is 12.1 Å². The number of amides is 1. The summed E-state index contributed by atoms with van der Waals surface area (Å²) in [5, 5.41) is 0. The molecule has 1 aromatic heterocycles. The number of hydrogen-bond donors (Lipinski definition) is 0. The molecule has 1 saturated heterocycles. The van der Waals surface area contributed by atoms with E-state index in [1.807, 2.05) is 30.0 Å². The second-order valence-corrected chi connectivity index (χ2v) is 7.95. The van der Waals surface area contributed by atoms with Crippen molar-refractivity contribution >= 4 is 5.91 Å². The second kappa shape index (κ2) is 11.2. The molecule has 2 aromatic rings. The predicted molar refractivity (Wildman–Crippen MR) is 117 cm³/mol. The maximum absolute atomic E-state index is 12.9. The highest BCUT2D eigenvalue weighted by Crippen LogP contribution is 2.21. The van der Waals surface area contributed by atoms with Gasteiger partial charge in [0, 0.05) is 33.3 Å². The fourth-order valence-electron chi connectivity index (χ4n) is 4.15. The minimum absolute atomic E-state index is 0.0339. The molecular weight excluding hydrogens is 380 g/mol. The van der Waals surface area contributed by atoms with Gasteiger partial charge in [0.2, 0.25) is 0 Å². The van der Waals surface area contributed by atoms with Crippen LogP contribution in [0.2, 0.25) is 0 Å². The van der Waals surface area contributed by atoms with Crippen molar-refractivity contribution in [3.05, 3.63) is 53.5 Å². The van der Waals surface area contributed by atoms with E-state index in [9.17, 15) is 4.79 Å². The van der Waals surface area contributed by atoms with Crippen LogP contribution in [0.25, 0.3) is 0 Å². The average molecular weight is 415 g/mol. The lowest BCUT2D eigenvalue weighted by Gasteiger charge is -2.35. The van der Waals surface area contributed by atoms with Crippen molar-refractivity contribution in [3.8, 4) is 5.75 Å². The van der Waals surface area contributed by atoms with E-state index >= 15 is 0 Å². The van der Waals surface area contributed by atoms with Gasteiger partial charge in [-0.25, -0.2) is 0 Å². The zero-order valence-corrected chi connectivity index (χ0v) is 18.4. The normalized spacial score (nSPS) is 17.1. The molecule has 0 N–H and O–H groups in total. The minimum Gasteiger partial charge on any atom is -0.497 e. The summed E-state index contributed by atoms with van der Waals surface area (Å²) in [6.45, 7) is 7.04. The Labute approximate surface area is 179 Å². The Morgan fingerprint density at radius 2 is 2.13 bits per heavy atom. The average Bonchev–Trinajstić information content (AvgIpc) is 3.25. The molecule has 0 aliphatic carbocycles. The van der Waals surface area contributed by atoms with Gasteiger partial charge >= 0.3 is 0 Å². The topological polar surface area (TPSA) is 55.2 Å². The quantitative estimate of drug-likeness (QED) is 0.591. The van der Waals surface area contributed by atoms with Gasteiger partial charge < -0.3 is 23.7 Å². The van der Waals surface area contributed by atoms with Crippen LogP contribution < -0.4 is 4.74 Å². The number of ether oxygens (including phenoxy) is 2. The molecule has 6 nitrogen and oxygen atoms in total. The molecule has 1 aliphatic rings. The molecule has 0 saturated carbocycles. The molecule has 1 atom stereocenters. The van der Waals surface area contributed by atoms with Crippen LogP contribution in [0, 0.1) is 5.92 Å². The number of methoxy groups -OCH3 is 2. The molecular formula is C24H34N2O4. The lowest BCUT2D eigenvalue weighted by Crippen LogP contribution is -2.43. The number of carbonyl (C=O) groups excluding carboxylic acids is 1. The Hall–Kier alpha value is -2.31. The first-order valence-electron chi connectivity index (χ1n) is 10.8. The fourth-order valence-corrected chi connectivity index (χ4v) is 4.15. The Bertz CT molecular complexity index is 804. The van der Waals surface area contributed by atoms with E-state index in [0.29, 0.717) is 30.6 Å². The number of furan rings is 1. The van der Waals surface area contributed by atoms with Crippen molar-refractivity contribution in [2.75, 3.05) is 46.9 Å². The molecule has 0 radical (unpaired) electrons. The van der Waals surface area contributed by atoms with Gasteiger partial charge in [-0.3, -0.25) is 4.79 Å². The Morgan fingerprint density at radius 1 is 1.27 bits per heavy atom. The summed E-state index contributed by atoms with van der Waals surface area (Å²) in [6, 6.07) is 11.9. The Morgan fingerprint density at radius 3 is 2.90 bits per heavy atom. The highest BCUT2D eigenvalue weighted by molar-refractivity contribution is 5.91. The SMILES string of the molecule is CCN(C[C@H]1CCCN(CCc2cccc(OC)c2)C1)C(=O)c1ccc(COC)o1. The van der Waals surface area contributed by atoms with E-state index in [1.54, 1.807) is 20.3 Å². The first-order valence-corrected chi connectivity index (χ1v) is 10.8. The summed E-state index contributed by atoms with van der Waals surface area (Å²) in [6.07, 6.45) is 3.34. The smallest absolute Gasteiger partial charge is 0.289 e. The zero-order chi connectivity index (χ0) is 21.3. The summed E-state index contributed by atoms with van der Waals surface area (Å²) >= 11 is 0. The number of carbonyl (C=O) groups is 1. The van der Waals surface area contributed by atoms with Gasteiger partial charge in [-0.15, -0.1) is 0 Å². The van der Waals surface area contributed by atoms with Gasteiger partial charge in [-0.05, 0) is 68.5 Å². The molecule has 1 aromatic carbocycles. The Kier molecular flexibility index (Phi) is 8.34. The number of rotatable bonds is 10. The monoisotopic (exact) mass is 414 g/mol.